The lowest BCUT2D eigenvalue weighted by Gasteiger charge is -2.24. The molecule has 1 aromatic carbocycles. The molecule has 1 heterocycles. The number of imidazole rings is 1. The van der Waals surface area contributed by atoms with Crippen molar-refractivity contribution in [3.05, 3.63) is 54.1 Å². The van der Waals surface area contributed by atoms with E-state index in [1.165, 1.54) is 6.20 Å². The Bertz CT molecular complexity index is 794. The fourth-order valence-electron chi connectivity index (χ4n) is 2.80. The highest BCUT2D eigenvalue weighted by molar-refractivity contribution is 6.00. The van der Waals surface area contributed by atoms with Crippen molar-refractivity contribution in [3.63, 3.8) is 0 Å². The number of Topliss-reactive ketones (excluding diaryl/α,β-unsaturated/α-hetero) is 1. The van der Waals surface area contributed by atoms with Crippen molar-refractivity contribution in [1.82, 2.24) is 14.9 Å². The molecule has 0 unspecified atom stereocenters. The van der Waals surface area contributed by atoms with Crippen LogP contribution in [0.4, 0.5) is 4.79 Å². The number of amides is 1. The number of hydrogen-bond acceptors (Lipinski definition) is 5. The molecule has 29 heavy (non-hydrogen) atoms. The molecule has 2 aromatic rings. The number of ether oxygens (including phenoxy) is 2. The van der Waals surface area contributed by atoms with Crippen LogP contribution in [0.2, 0.25) is 0 Å². The minimum atomic E-state index is -0.700. The molecule has 0 saturated carbocycles. The molecule has 2 rings (SSSR count). The lowest BCUT2D eigenvalue weighted by atomic mass is 9.99. The number of hydrogen-bond donors (Lipinski definition) is 1. The molecule has 0 aliphatic heterocycles. The minimum absolute atomic E-state index is 0.191. The summed E-state index contributed by atoms with van der Waals surface area (Å²) in [6.45, 7) is 9.96. The van der Waals surface area contributed by atoms with E-state index in [1.54, 1.807) is 31.7 Å². The fourth-order valence-corrected chi connectivity index (χ4v) is 2.80. The molecule has 7 heteroatoms. The SMILES string of the molecule is CC(C)C[C@H](NC(=O)OC(C)(C)C)C(=O)c1cncn1COCc1ccccc1. The van der Waals surface area contributed by atoms with Crippen molar-refractivity contribution >= 4 is 11.9 Å². The molecule has 1 aromatic heterocycles. The first-order valence-electron chi connectivity index (χ1n) is 9.81. The van der Waals surface area contributed by atoms with Gasteiger partial charge in [-0.25, -0.2) is 9.78 Å². The van der Waals surface area contributed by atoms with E-state index < -0.39 is 17.7 Å². The van der Waals surface area contributed by atoms with E-state index in [0.717, 1.165) is 5.56 Å². The summed E-state index contributed by atoms with van der Waals surface area (Å²) in [5.74, 6) is -0.00467. The predicted molar refractivity (Wildman–Crippen MR) is 110 cm³/mol. The monoisotopic (exact) mass is 401 g/mol. The van der Waals surface area contributed by atoms with E-state index in [9.17, 15) is 9.59 Å². The number of ketones is 1. The van der Waals surface area contributed by atoms with E-state index >= 15 is 0 Å². The van der Waals surface area contributed by atoms with Gasteiger partial charge in [-0.1, -0.05) is 44.2 Å². The van der Waals surface area contributed by atoms with Gasteiger partial charge in [-0.15, -0.1) is 0 Å². The van der Waals surface area contributed by atoms with E-state index in [0.29, 0.717) is 18.7 Å². The van der Waals surface area contributed by atoms with Crippen molar-refractivity contribution in [1.29, 1.82) is 0 Å². The van der Waals surface area contributed by atoms with Gasteiger partial charge in [0, 0.05) is 0 Å². The summed E-state index contributed by atoms with van der Waals surface area (Å²) in [5, 5.41) is 2.71. The van der Waals surface area contributed by atoms with Gasteiger partial charge in [-0.05, 0) is 38.7 Å². The zero-order chi connectivity index (χ0) is 21.4. The van der Waals surface area contributed by atoms with Gasteiger partial charge in [0.25, 0.3) is 0 Å². The molecule has 1 N–H and O–H groups in total. The number of alkyl carbamates (subject to hydrolysis) is 1. The summed E-state index contributed by atoms with van der Waals surface area (Å²) in [7, 11) is 0. The summed E-state index contributed by atoms with van der Waals surface area (Å²) in [5.41, 5.74) is 0.798. The van der Waals surface area contributed by atoms with Crippen molar-refractivity contribution < 1.29 is 19.1 Å². The van der Waals surface area contributed by atoms with E-state index in [-0.39, 0.29) is 18.4 Å². The zero-order valence-electron chi connectivity index (χ0n) is 17.8. The van der Waals surface area contributed by atoms with E-state index in [1.807, 2.05) is 44.2 Å². The molecule has 1 amide bonds. The summed E-state index contributed by atoms with van der Waals surface area (Å²) >= 11 is 0. The van der Waals surface area contributed by atoms with Crippen LogP contribution in [0.5, 0.6) is 0 Å². The largest absolute Gasteiger partial charge is 0.444 e. The number of aromatic nitrogens is 2. The van der Waals surface area contributed by atoms with Gasteiger partial charge >= 0.3 is 6.09 Å². The molecule has 0 spiro atoms. The summed E-state index contributed by atoms with van der Waals surface area (Å²) in [6, 6.07) is 9.09. The Hall–Kier alpha value is -2.67. The smallest absolute Gasteiger partial charge is 0.408 e. The van der Waals surface area contributed by atoms with E-state index in [4.69, 9.17) is 9.47 Å². The highest BCUT2D eigenvalue weighted by Gasteiger charge is 2.28. The van der Waals surface area contributed by atoms with Crippen molar-refractivity contribution in [2.75, 3.05) is 0 Å². The summed E-state index contributed by atoms with van der Waals surface area (Å²) < 4.78 is 12.7. The van der Waals surface area contributed by atoms with Gasteiger partial charge < -0.3 is 19.4 Å². The lowest BCUT2D eigenvalue weighted by Crippen LogP contribution is -2.44. The van der Waals surface area contributed by atoms with Gasteiger partial charge in [0.05, 0.1) is 25.2 Å². The van der Waals surface area contributed by atoms with Crippen LogP contribution >= 0.6 is 0 Å². The molecule has 7 nitrogen and oxygen atoms in total. The van der Waals surface area contributed by atoms with Crippen LogP contribution in [0.15, 0.2) is 42.9 Å². The quantitative estimate of drug-likeness (QED) is 0.638. The number of rotatable bonds is 9. The Labute approximate surface area is 172 Å². The lowest BCUT2D eigenvalue weighted by molar-refractivity contribution is 0.0476. The molecule has 1 atom stereocenters. The molecule has 0 bridgehead atoms. The standard InChI is InChI=1S/C22H31N3O4/c1-16(2)11-18(24-21(27)29-22(3,4)5)20(26)19-12-23-14-25(19)15-28-13-17-9-7-6-8-10-17/h6-10,12,14,16,18H,11,13,15H2,1-5H3,(H,24,27)/t18-/m0/s1. The Morgan fingerprint density at radius 1 is 1.17 bits per heavy atom. The first-order chi connectivity index (χ1) is 13.7. The second kappa shape index (κ2) is 10.2. The van der Waals surface area contributed by atoms with Gasteiger partial charge in [0.1, 0.15) is 18.0 Å². The number of carbonyl (C=O) groups is 2. The predicted octanol–water partition coefficient (Wildman–Crippen LogP) is 4.18. The van der Waals surface area contributed by atoms with Crippen molar-refractivity contribution in [2.45, 2.75) is 66.0 Å². The Kier molecular flexibility index (Phi) is 7.96. The third-order valence-electron chi connectivity index (χ3n) is 4.02. The normalized spacial score (nSPS) is 12.6. The maximum Gasteiger partial charge on any atom is 0.408 e. The van der Waals surface area contributed by atoms with Crippen molar-refractivity contribution in [2.24, 2.45) is 5.92 Å². The van der Waals surface area contributed by atoms with Crippen LogP contribution in [0, 0.1) is 5.92 Å². The molecule has 0 saturated heterocycles. The van der Waals surface area contributed by atoms with Gasteiger partial charge in [0.2, 0.25) is 5.78 Å². The van der Waals surface area contributed by atoms with Crippen LogP contribution in [-0.2, 0) is 22.8 Å². The van der Waals surface area contributed by atoms with Crippen LogP contribution in [0.1, 0.15) is 57.1 Å². The van der Waals surface area contributed by atoms with E-state index in [2.05, 4.69) is 10.3 Å². The maximum absolute atomic E-state index is 13.1. The number of carbonyl (C=O) groups excluding carboxylic acids is 2. The topological polar surface area (TPSA) is 82.5 Å². The van der Waals surface area contributed by atoms with Gasteiger partial charge in [0.15, 0.2) is 0 Å². The van der Waals surface area contributed by atoms with Crippen LogP contribution in [0.3, 0.4) is 0 Å². The van der Waals surface area contributed by atoms with Crippen molar-refractivity contribution in [3.8, 4) is 0 Å². The summed E-state index contributed by atoms with van der Waals surface area (Å²) in [4.78, 5) is 29.4. The zero-order valence-corrected chi connectivity index (χ0v) is 17.8. The fraction of sp³-hybridized carbons (Fsp3) is 0.500. The summed E-state index contributed by atoms with van der Waals surface area (Å²) in [6.07, 6.45) is 2.94. The average Bonchev–Trinajstić information content (AvgIpc) is 3.08. The Balaban J connectivity index is 2.04. The Morgan fingerprint density at radius 2 is 1.86 bits per heavy atom. The highest BCUT2D eigenvalue weighted by Crippen LogP contribution is 2.14. The van der Waals surface area contributed by atoms with Crippen LogP contribution in [0.25, 0.3) is 0 Å². The molecule has 0 radical (unpaired) electrons. The molecule has 158 valence electrons. The first-order valence-corrected chi connectivity index (χ1v) is 9.81. The average molecular weight is 402 g/mol. The number of benzene rings is 1. The number of nitrogens with zero attached hydrogens (tertiary/aromatic N) is 2. The number of nitrogens with one attached hydrogen (secondary N) is 1. The van der Waals surface area contributed by atoms with Gasteiger partial charge in [-0.2, -0.15) is 0 Å². The van der Waals surface area contributed by atoms with Crippen LogP contribution < -0.4 is 5.32 Å². The molecular formula is C22H31N3O4. The van der Waals surface area contributed by atoms with Gasteiger partial charge in [-0.3, -0.25) is 4.79 Å². The second-order valence-corrected chi connectivity index (χ2v) is 8.40. The third-order valence-corrected chi connectivity index (χ3v) is 4.02. The molecule has 0 aliphatic carbocycles. The minimum Gasteiger partial charge on any atom is -0.444 e. The molecular weight excluding hydrogens is 370 g/mol. The third kappa shape index (κ3) is 7.69. The first kappa shape index (κ1) is 22.6. The van der Waals surface area contributed by atoms with Crippen LogP contribution in [-0.4, -0.2) is 33.1 Å². The molecule has 0 aliphatic rings. The maximum atomic E-state index is 13.1. The molecule has 0 fully saturated rings. The second-order valence-electron chi connectivity index (χ2n) is 8.40. The highest BCUT2D eigenvalue weighted by atomic mass is 16.6. The Morgan fingerprint density at radius 3 is 2.48 bits per heavy atom.